The van der Waals surface area contributed by atoms with Gasteiger partial charge in [-0.05, 0) is 25.8 Å². The number of imidazole rings is 1. The van der Waals surface area contributed by atoms with Gasteiger partial charge >= 0.3 is 0 Å². The van der Waals surface area contributed by atoms with E-state index in [0.29, 0.717) is 6.04 Å². The molecule has 90 valence electrons. The Hall–Kier alpha value is -0.830. The molecular weight excluding hydrogens is 198 g/mol. The van der Waals surface area contributed by atoms with E-state index in [1.807, 2.05) is 12.5 Å². The zero-order valence-corrected chi connectivity index (χ0v) is 10.3. The van der Waals surface area contributed by atoms with Crippen molar-refractivity contribution in [2.75, 3.05) is 6.54 Å². The van der Waals surface area contributed by atoms with E-state index in [1.165, 1.54) is 44.2 Å². The summed E-state index contributed by atoms with van der Waals surface area (Å²) in [5, 5.41) is 3.59. The summed E-state index contributed by atoms with van der Waals surface area (Å²) in [6.07, 6.45) is 11.8. The van der Waals surface area contributed by atoms with E-state index in [9.17, 15) is 0 Å². The first kappa shape index (κ1) is 11.6. The van der Waals surface area contributed by atoms with Crippen molar-refractivity contribution >= 4 is 0 Å². The molecule has 3 nitrogen and oxygen atoms in total. The lowest BCUT2D eigenvalue weighted by atomic mass is 10.0. The minimum absolute atomic E-state index is 0.540. The molecule has 0 spiro atoms. The molecule has 1 fully saturated rings. The van der Waals surface area contributed by atoms with Crippen LogP contribution in [0, 0.1) is 0 Å². The van der Waals surface area contributed by atoms with Gasteiger partial charge in [-0.2, -0.15) is 0 Å². The summed E-state index contributed by atoms with van der Waals surface area (Å²) >= 11 is 0. The molecule has 1 aromatic heterocycles. The maximum atomic E-state index is 4.30. The largest absolute Gasteiger partial charge is 0.333 e. The van der Waals surface area contributed by atoms with Crippen molar-refractivity contribution in [2.45, 2.75) is 58.0 Å². The lowest BCUT2D eigenvalue weighted by molar-refractivity contribution is 0.391. The molecule has 0 aromatic carbocycles. The molecule has 2 heterocycles. The van der Waals surface area contributed by atoms with E-state index in [2.05, 4.69) is 21.8 Å². The predicted molar refractivity (Wildman–Crippen MR) is 66.3 cm³/mol. The first-order valence-electron chi connectivity index (χ1n) is 6.65. The molecule has 1 N–H and O–H groups in total. The number of aromatic nitrogens is 2. The van der Waals surface area contributed by atoms with Crippen LogP contribution in [0.25, 0.3) is 0 Å². The molecule has 16 heavy (non-hydrogen) atoms. The van der Waals surface area contributed by atoms with Gasteiger partial charge < -0.3 is 9.88 Å². The van der Waals surface area contributed by atoms with Gasteiger partial charge in [-0.1, -0.05) is 26.2 Å². The zero-order valence-electron chi connectivity index (χ0n) is 10.3. The molecule has 1 aromatic rings. The monoisotopic (exact) mass is 221 g/mol. The number of nitrogens with one attached hydrogen (secondary N) is 1. The van der Waals surface area contributed by atoms with Gasteiger partial charge in [0, 0.05) is 18.8 Å². The van der Waals surface area contributed by atoms with Gasteiger partial charge in [0.1, 0.15) is 0 Å². The van der Waals surface area contributed by atoms with Crippen molar-refractivity contribution in [1.29, 1.82) is 0 Å². The number of rotatable bonds is 5. The standard InChI is InChI=1S/C13H23N3/c1-2-3-6-9-16-11-14-10-13(16)12-7-4-5-8-15-12/h10-12,15H,2-9H2,1H3. The van der Waals surface area contributed by atoms with Crippen LogP contribution >= 0.6 is 0 Å². The van der Waals surface area contributed by atoms with Gasteiger partial charge in [0.25, 0.3) is 0 Å². The second-order valence-corrected chi connectivity index (χ2v) is 4.72. The normalized spacial score (nSPS) is 21.2. The third-order valence-corrected chi connectivity index (χ3v) is 3.41. The van der Waals surface area contributed by atoms with Crippen LogP contribution in [0.15, 0.2) is 12.5 Å². The molecule has 3 heteroatoms. The number of aryl methyl sites for hydroxylation is 1. The fourth-order valence-corrected chi connectivity index (χ4v) is 2.44. The van der Waals surface area contributed by atoms with E-state index in [-0.39, 0.29) is 0 Å². The van der Waals surface area contributed by atoms with Crippen LogP contribution in [0.3, 0.4) is 0 Å². The van der Waals surface area contributed by atoms with Crippen molar-refractivity contribution < 1.29 is 0 Å². The first-order valence-corrected chi connectivity index (χ1v) is 6.65. The van der Waals surface area contributed by atoms with Crippen molar-refractivity contribution in [3.8, 4) is 0 Å². The van der Waals surface area contributed by atoms with Crippen molar-refractivity contribution in [1.82, 2.24) is 14.9 Å². The Kier molecular flexibility index (Phi) is 4.40. The van der Waals surface area contributed by atoms with Crippen LogP contribution in [0.2, 0.25) is 0 Å². The molecule has 1 saturated heterocycles. The number of hydrogen-bond donors (Lipinski definition) is 1. The van der Waals surface area contributed by atoms with Crippen LogP contribution in [-0.2, 0) is 6.54 Å². The molecule has 1 aliphatic heterocycles. The highest BCUT2D eigenvalue weighted by atomic mass is 15.1. The molecule has 0 saturated carbocycles. The summed E-state index contributed by atoms with van der Waals surface area (Å²) in [4.78, 5) is 4.30. The van der Waals surface area contributed by atoms with Gasteiger partial charge in [0.05, 0.1) is 12.0 Å². The van der Waals surface area contributed by atoms with E-state index in [4.69, 9.17) is 0 Å². The van der Waals surface area contributed by atoms with Crippen LogP contribution in [-0.4, -0.2) is 16.1 Å². The Labute approximate surface area is 98.3 Å². The van der Waals surface area contributed by atoms with Gasteiger partial charge in [0.2, 0.25) is 0 Å². The summed E-state index contributed by atoms with van der Waals surface area (Å²) < 4.78 is 2.33. The van der Waals surface area contributed by atoms with Gasteiger partial charge in [-0.25, -0.2) is 4.98 Å². The Balaban J connectivity index is 1.94. The Morgan fingerprint density at radius 1 is 1.44 bits per heavy atom. The molecular formula is C13H23N3. The van der Waals surface area contributed by atoms with Crippen LogP contribution < -0.4 is 5.32 Å². The minimum atomic E-state index is 0.540. The van der Waals surface area contributed by atoms with Gasteiger partial charge in [0.15, 0.2) is 0 Å². The van der Waals surface area contributed by atoms with E-state index < -0.39 is 0 Å². The molecule has 0 aliphatic carbocycles. The third-order valence-electron chi connectivity index (χ3n) is 3.41. The summed E-state index contributed by atoms with van der Waals surface area (Å²) in [5.74, 6) is 0. The van der Waals surface area contributed by atoms with Gasteiger partial charge in [-0.3, -0.25) is 0 Å². The van der Waals surface area contributed by atoms with Crippen LogP contribution in [0.1, 0.15) is 57.2 Å². The topological polar surface area (TPSA) is 29.9 Å². The fourth-order valence-electron chi connectivity index (χ4n) is 2.44. The predicted octanol–water partition coefficient (Wildman–Crippen LogP) is 2.89. The average molecular weight is 221 g/mol. The number of piperidine rings is 1. The fraction of sp³-hybridized carbons (Fsp3) is 0.769. The number of nitrogens with zero attached hydrogens (tertiary/aromatic N) is 2. The molecule has 2 rings (SSSR count). The van der Waals surface area contributed by atoms with Crippen LogP contribution in [0.5, 0.6) is 0 Å². The molecule has 1 unspecified atom stereocenters. The lowest BCUT2D eigenvalue weighted by Crippen LogP contribution is -2.28. The highest BCUT2D eigenvalue weighted by Gasteiger charge is 2.17. The second kappa shape index (κ2) is 6.04. The summed E-state index contributed by atoms with van der Waals surface area (Å²) in [5.41, 5.74) is 1.39. The lowest BCUT2D eigenvalue weighted by Gasteiger charge is -2.24. The minimum Gasteiger partial charge on any atom is -0.333 e. The molecule has 0 bridgehead atoms. The smallest absolute Gasteiger partial charge is 0.0948 e. The SMILES string of the molecule is CCCCCn1cncc1C1CCCCN1. The van der Waals surface area contributed by atoms with E-state index >= 15 is 0 Å². The quantitative estimate of drug-likeness (QED) is 0.775. The Morgan fingerprint density at radius 2 is 2.38 bits per heavy atom. The van der Waals surface area contributed by atoms with Crippen molar-refractivity contribution in [3.05, 3.63) is 18.2 Å². The second-order valence-electron chi connectivity index (χ2n) is 4.72. The highest BCUT2D eigenvalue weighted by molar-refractivity contribution is 5.06. The molecule has 0 amide bonds. The average Bonchev–Trinajstić information content (AvgIpc) is 2.79. The third kappa shape index (κ3) is 2.85. The Bertz CT molecular complexity index is 300. The molecule has 1 aliphatic rings. The number of hydrogen-bond acceptors (Lipinski definition) is 2. The highest BCUT2D eigenvalue weighted by Crippen LogP contribution is 2.22. The first-order chi connectivity index (χ1) is 7.92. The molecule has 0 radical (unpaired) electrons. The molecule has 1 atom stereocenters. The van der Waals surface area contributed by atoms with Crippen LogP contribution in [0.4, 0.5) is 0 Å². The van der Waals surface area contributed by atoms with Crippen molar-refractivity contribution in [2.24, 2.45) is 0 Å². The Morgan fingerprint density at radius 3 is 3.12 bits per heavy atom. The maximum Gasteiger partial charge on any atom is 0.0948 e. The van der Waals surface area contributed by atoms with Gasteiger partial charge in [-0.15, -0.1) is 0 Å². The summed E-state index contributed by atoms with van der Waals surface area (Å²) in [6, 6.07) is 0.540. The van der Waals surface area contributed by atoms with Crippen molar-refractivity contribution in [3.63, 3.8) is 0 Å². The zero-order chi connectivity index (χ0) is 11.2. The van der Waals surface area contributed by atoms with E-state index in [0.717, 1.165) is 13.1 Å². The van der Waals surface area contributed by atoms with E-state index in [1.54, 1.807) is 0 Å². The maximum absolute atomic E-state index is 4.30. The number of unbranched alkanes of at least 4 members (excludes halogenated alkanes) is 2. The summed E-state index contributed by atoms with van der Waals surface area (Å²) in [6.45, 7) is 4.53. The summed E-state index contributed by atoms with van der Waals surface area (Å²) in [7, 11) is 0.